The monoisotopic (exact) mass is 310 g/mol. The van der Waals surface area contributed by atoms with E-state index in [1.54, 1.807) is 0 Å². The van der Waals surface area contributed by atoms with Gasteiger partial charge in [0.1, 0.15) is 5.56 Å². The van der Waals surface area contributed by atoms with Gasteiger partial charge >= 0.3 is 26.6 Å². The maximum atomic E-state index is 12.5. The van der Waals surface area contributed by atoms with Gasteiger partial charge in [0.2, 0.25) is 5.03 Å². The van der Waals surface area contributed by atoms with Crippen LogP contribution in [0.25, 0.3) is 0 Å². The largest absolute Gasteiger partial charge is 0.421 e. The van der Waals surface area contributed by atoms with Crippen molar-refractivity contribution in [1.29, 1.82) is 0 Å². The summed E-state index contributed by atoms with van der Waals surface area (Å²) in [5.41, 5.74) is -3.17. The molecule has 0 bridgehead atoms. The second kappa shape index (κ2) is 3.91. The Morgan fingerprint density at radius 3 is 1.83 bits per heavy atom. The van der Waals surface area contributed by atoms with Gasteiger partial charge in [-0.1, -0.05) is 0 Å². The molecule has 0 amide bonds. The first kappa shape index (κ1) is 14.9. The fourth-order valence-electron chi connectivity index (χ4n) is 1.19. The van der Waals surface area contributed by atoms with Gasteiger partial charge < -0.3 is 0 Å². The normalized spacial score (nSPS) is 13.9. The Morgan fingerprint density at radius 1 is 1.17 bits per heavy atom. The molecule has 0 saturated carbocycles. The summed E-state index contributed by atoms with van der Waals surface area (Å²) in [7, 11) is -10.6. The molecule has 104 valence electrons. The van der Waals surface area contributed by atoms with Gasteiger partial charge in [0.15, 0.2) is 0 Å². The second-order valence-electron chi connectivity index (χ2n) is 3.06. The summed E-state index contributed by atoms with van der Waals surface area (Å²) < 4.78 is 97.0. The van der Waals surface area contributed by atoms with Gasteiger partial charge in [-0.05, 0) is 6.92 Å². The van der Waals surface area contributed by atoms with Crippen molar-refractivity contribution in [2.75, 3.05) is 0 Å². The molecule has 13 heteroatoms. The van der Waals surface area contributed by atoms with Crippen LogP contribution in [0.5, 0.6) is 0 Å². The number of halogens is 3. The molecule has 0 radical (unpaired) electrons. The minimum absolute atomic E-state index is 0.543. The Kier molecular flexibility index (Phi) is 3.23. The molecular weight excluding hydrogens is 305 g/mol. The zero-order valence-corrected chi connectivity index (χ0v) is 10.0. The lowest BCUT2D eigenvalue weighted by Gasteiger charge is -2.06. The molecule has 0 spiro atoms. The van der Waals surface area contributed by atoms with Crippen LogP contribution in [0.2, 0.25) is 0 Å². The van der Waals surface area contributed by atoms with Crippen LogP contribution in [0.15, 0.2) is 5.03 Å². The Bertz CT molecular complexity index is 686. The third-order valence-corrected chi connectivity index (χ3v) is 3.36. The standard InChI is InChI=1S/C5H5F3N2O6S2/c1-2-3(5(6,7)8)4(17(11,12)13)9-10(2)18(14,15)16/h1H3,(H,11,12,13)(H,14,15,16). The minimum atomic E-state index is -5.41. The Morgan fingerprint density at radius 2 is 1.61 bits per heavy atom. The van der Waals surface area contributed by atoms with Crippen molar-refractivity contribution in [1.82, 2.24) is 9.19 Å². The maximum absolute atomic E-state index is 12.5. The van der Waals surface area contributed by atoms with E-state index in [1.807, 2.05) is 0 Å². The Labute approximate surface area is 98.7 Å². The van der Waals surface area contributed by atoms with Crippen molar-refractivity contribution in [2.24, 2.45) is 0 Å². The fourth-order valence-corrected chi connectivity index (χ4v) is 2.57. The maximum Gasteiger partial charge on any atom is 0.421 e. The molecule has 0 fully saturated rings. The number of alkyl halides is 3. The van der Waals surface area contributed by atoms with E-state index in [2.05, 4.69) is 5.10 Å². The molecule has 1 aromatic heterocycles. The molecule has 1 aromatic rings. The highest BCUT2D eigenvalue weighted by Gasteiger charge is 2.43. The van der Waals surface area contributed by atoms with Gasteiger partial charge in [-0.3, -0.25) is 9.11 Å². The molecule has 0 unspecified atom stereocenters. The van der Waals surface area contributed by atoms with Gasteiger partial charge in [0, 0.05) is 0 Å². The molecule has 1 rings (SSSR count). The third-order valence-electron chi connectivity index (χ3n) is 1.79. The molecule has 0 aliphatic rings. The first-order chi connectivity index (χ1) is 7.76. The van der Waals surface area contributed by atoms with E-state index in [9.17, 15) is 30.0 Å². The van der Waals surface area contributed by atoms with Gasteiger partial charge in [0.25, 0.3) is 0 Å². The van der Waals surface area contributed by atoms with E-state index in [0.29, 0.717) is 6.92 Å². The van der Waals surface area contributed by atoms with E-state index in [0.717, 1.165) is 0 Å². The van der Waals surface area contributed by atoms with Crippen molar-refractivity contribution < 1.29 is 39.1 Å². The van der Waals surface area contributed by atoms with Crippen molar-refractivity contribution >= 4 is 20.4 Å². The SMILES string of the molecule is Cc1c(C(F)(F)F)c(S(=O)(=O)O)nn1S(=O)(=O)O. The van der Waals surface area contributed by atoms with Crippen molar-refractivity contribution in [3.63, 3.8) is 0 Å². The summed E-state index contributed by atoms with van der Waals surface area (Å²) in [6.07, 6.45) is -5.28. The van der Waals surface area contributed by atoms with Crippen LogP contribution in [-0.4, -0.2) is 35.1 Å². The number of nitrogens with zero attached hydrogens (tertiary/aromatic N) is 2. The lowest BCUT2D eigenvalue weighted by atomic mass is 10.2. The van der Waals surface area contributed by atoms with E-state index in [4.69, 9.17) is 9.11 Å². The van der Waals surface area contributed by atoms with Gasteiger partial charge in [0.05, 0.1) is 5.69 Å². The summed E-state index contributed by atoms with van der Waals surface area (Å²) in [5.74, 6) is 0. The van der Waals surface area contributed by atoms with Crippen LogP contribution in [0.3, 0.4) is 0 Å². The van der Waals surface area contributed by atoms with Gasteiger partial charge in [-0.2, -0.15) is 30.0 Å². The van der Waals surface area contributed by atoms with Gasteiger partial charge in [-0.15, -0.1) is 9.19 Å². The van der Waals surface area contributed by atoms with Crippen molar-refractivity contribution in [3.8, 4) is 0 Å². The molecule has 1 heterocycles. The lowest BCUT2D eigenvalue weighted by Crippen LogP contribution is -2.15. The topological polar surface area (TPSA) is 127 Å². The number of hydrogen-bond donors (Lipinski definition) is 2. The Balaban J connectivity index is 3.86. The third kappa shape index (κ3) is 2.63. The van der Waals surface area contributed by atoms with E-state index >= 15 is 0 Å². The van der Waals surface area contributed by atoms with Crippen LogP contribution in [-0.2, 0) is 26.6 Å². The van der Waals surface area contributed by atoms with Crippen LogP contribution in [0, 0.1) is 6.92 Å². The van der Waals surface area contributed by atoms with Crippen LogP contribution >= 0.6 is 0 Å². The van der Waals surface area contributed by atoms with E-state index < -0.39 is 47.0 Å². The molecule has 18 heavy (non-hydrogen) atoms. The smallest absolute Gasteiger partial charge is 0.281 e. The van der Waals surface area contributed by atoms with Gasteiger partial charge in [-0.25, -0.2) is 0 Å². The molecule has 0 atom stereocenters. The zero-order valence-electron chi connectivity index (χ0n) is 8.37. The van der Waals surface area contributed by atoms with Crippen LogP contribution < -0.4 is 0 Å². The quantitative estimate of drug-likeness (QED) is 0.742. The first-order valence-corrected chi connectivity index (χ1v) is 6.72. The van der Waals surface area contributed by atoms with Crippen LogP contribution in [0.4, 0.5) is 13.2 Å². The molecule has 0 saturated heterocycles. The molecule has 0 aliphatic carbocycles. The highest BCUT2D eigenvalue weighted by atomic mass is 32.2. The van der Waals surface area contributed by atoms with E-state index in [1.165, 1.54) is 0 Å². The predicted molar refractivity (Wildman–Crippen MR) is 48.7 cm³/mol. The lowest BCUT2D eigenvalue weighted by molar-refractivity contribution is -0.140. The summed E-state index contributed by atoms with van der Waals surface area (Å²) in [6, 6.07) is 0. The zero-order chi connectivity index (χ0) is 14.5. The molecule has 8 nitrogen and oxygen atoms in total. The molecule has 0 aliphatic heterocycles. The number of aromatic nitrogens is 2. The van der Waals surface area contributed by atoms with Crippen LogP contribution in [0.1, 0.15) is 11.3 Å². The highest BCUT2D eigenvalue weighted by Crippen LogP contribution is 2.36. The minimum Gasteiger partial charge on any atom is -0.281 e. The predicted octanol–water partition coefficient (Wildman–Crippen LogP) is 0.108. The second-order valence-corrected chi connectivity index (χ2v) is 5.64. The summed E-state index contributed by atoms with van der Waals surface area (Å²) in [6.45, 7) is 0.568. The number of rotatable bonds is 2. The van der Waals surface area contributed by atoms with Crippen molar-refractivity contribution in [2.45, 2.75) is 18.1 Å². The summed E-state index contributed by atoms with van der Waals surface area (Å²) >= 11 is 0. The van der Waals surface area contributed by atoms with Crippen molar-refractivity contribution in [3.05, 3.63) is 11.3 Å². The summed E-state index contributed by atoms with van der Waals surface area (Å²) in [5, 5.41) is 0.641. The molecule has 0 aromatic carbocycles. The average molecular weight is 310 g/mol. The average Bonchev–Trinajstić information content (AvgIpc) is 2.39. The molecular formula is C5H5F3N2O6S2. The first-order valence-electron chi connectivity index (χ1n) is 3.88. The van der Waals surface area contributed by atoms with E-state index in [-0.39, 0.29) is 0 Å². The highest BCUT2D eigenvalue weighted by molar-refractivity contribution is 7.86. The fraction of sp³-hybridized carbons (Fsp3) is 0.400. The Hall–Kier alpha value is -1.18. The number of hydrogen-bond acceptors (Lipinski definition) is 5. The molecule has 2 N–H and O–H groups in total. The summed E-state index contributed by atoms with van der Waals surface area (Å²) in [4.78, 5) is 0.